The van der Waals surface area contributed by atoms with Crippen LogP contribution in [-0.2, 0) is 9.53 Å². The minimum absolute atomic E-state index is 0.300. The molecule has 0 spiro atoms. The number of carbonyl (C=O) groups excluding carboxylic acids is 1. The topological polar surface area (TPSA) is 69.4 Å². The second-order valence-corrected chi connectivity index (χ2v) is 6.39. The molecule has 124 valence electrons. The first-order valence-electron chi connectivity index (χ1n) is 7.36. The van der Waals surface area contributed by atoms with E-state index in [-0.39, 0.29) is 0 Å². The van der Waals surface area contributed by atoms with E-state index in [1.807, 2.05) is 19.1 Å². The maximum absolute atomic E-state index is 12.4. The number of fused-ring (bicyclic) bond motifs is 1. The van der Waals surface area contributed by atoms with E-state index in [0.29, 0.717) is 39.6 Å². The van der Waals surface area contributed by atoms with Crippen LogP contribution < -0.4 is 0 Å². The zero-order chi connectivity index (χ0) is 17.1. The highest BCUT2D eigenvalue weighted by molar-refractivity contribution is 7.99. The smallest absolute Gasteiger partial charge is 0.340 e. The molecule has 0 saturated carbocycles. The Morgan fingerprint density at radius 3 is 2.83 bits per heavy atom. The molecule has 1 aromatic heterocycles. The summed E-state index contributed by atoms with van der Waals surface area (Å²) in [5.74, 6) is 0.793. The van der Waals surface area contributed by atoms with Crippen LogP contribution in [-0.4, -0.2) is 38.9 Å². The monoisotopic (exact) mass is 362 g/mol. The molecule has 0 N–H and O–H groups in total. The maximum Gasteiger partial charge on any atom is 0.340 e. The number of rotatable bonds is 4. The largest absolute Gasteiger partial charge is 0.462 e. The second kappa shape index (κ2) is 7.19. The molecular weight excluding hydrogens is 348 g/mol. The van der Waals surface area contributed by atoms with Crippen LogP contribution in [0.2, 0.25) is 5.02 Å². The van der Waals surface area contributed by atoms with Crippen molar-refractivity contribution < 1.29 is 9.53 Å². The lowest BCUT2D eigenvalue weighted by Gasteiger charge is -2.15. The Morgan fingerprint density at radius 1 is 1.38 bits per heavy atom. The first-order chi connectivity index (χ1) is 11.6. The van der Waals surface area contributed by atoms with Gasteiger partial charge < -0.3 is 4.74 Å². The number of carbonyl (C=O) groups is 1. The third kappa shape index (κ3) is 3.52. The van der Waals surface area contributed by atoms with Crippen molar-refractivity contribution in [2.45, 2.75) is 19.0 Å². The number of aromatic nitrogens is 3. The molecule has 0 fully saturated rings. The molecular formula is C16H15ClN4O2S. The normalized spacial score (nSPS) is 14.1. The van der Waals surface area contributed by atoms with Gasteiger partial charge in [-0.3, -0.25) is 0 Å². The zero-order valence-corrected chi connectivity index (χ0v) is 14.8. The van der Waals surface area contributed by atoms with E-state index >= 15 is 0 Å². The third-order valence-electron chi connectivity index (χ3n) is 3.31. The number of nitrogens with zero attached hydrogens (tertiary/aromatic N) is 4. The summed E-state index contributed by atoms with van der Waals surface area (Å²) in [6, 6.07) is 7.23. The second-order valence-electron chi connectivity index (χ2n) is 5.01. The molecule has 0 bridgehead atoms. The molecule has 6 nitrogen and oxygen atoms in total. The minimum Gasteiger partial charge on any atom is -0.462 e. The first kappa shape index (κ1) is 16.7. The Hall–Kier alpha value is -2.12. The van der Waals surface area contributed by atoms with Crippen molar-refractivity contribution in [3.05, 3.63) is 46.2 Å². The highest BCUT2D eigenvalue weighted by atomic mass is 35.5. The van der Waals surface area contributed by atoms with E-state index in [2.05, 4.69) is 15.3 Å². The molecule has 0 atom stereocenters. The Labute approximate surface area is 148 Å². The summed E-state index contributed by atoms with van der Waals surface area (Å²) in [5.41, 5.74) is 1.90. The SMILES string of the molecule is CCOC(=O)/C(=C\c1ccc(Cl)cc1)C1=Nn2c(C)nnc2SC1. The lowest BCUT2D eigenvalue weighted by Crippen LogP contribution is -2.21. The summed E-state index contributed by atoms with van der Waals surface area (Å²) in [5, 5.41) is 13.9. The molecule has 0 saturated heterocycles. The van der Waals surface area contributed by atoms with Crippen LogP contribution in [0.1, 0.15) is 18.3 Å². The van der Waals surface area contributed by atoms with Crippen molar-refractivity contribution >= 4 is 41.1 Å². The highest BCUT2D eigenvalue weighted by Crippen LogP contribution is 2.25. The van der Waals surface area contributed by atoms with Gasteiger partial charge in [-0.2, -0.15) is 9.78 Å². The van der Waals surface area contributed by atoms with Gasteiger partial charge in [-0.15, -0.1) is 10.2 Å². The average molecular weight is 363 g/mol. The van der Waals surface area contributed by atoms with Crippen molar-refractivity contribution in [3.8, 4) is 0 Å². The fraction of sp³-hybridized carbons (Fsp3) is 0.250. The van der Waals surface area contributed by atoms with Crippen LogP contribution in [0.25, 0.3) is 6.08 Å². The minimum atomic E-state index is -0.402. The highest BCUT2D eigenvalue weighted by Gasteiger charge is 2.24. The van der Waals surface area contributed by atoms with E-state index in [0.717, 1.165) is 5.56 Å². The van der Waals surface area contributed by atoms with Crippen molar-refractivity contribution in [2.24, 2.45) is 5.10 Å². The van der Waals surface area contributed by atoms with Crippen LogP contribution in [0, 0.1) is 6.92 Å². The molecule has 1 aliphatic heterocycles. The van der Waals surface area contributed by atoms with Gasteiger partial charge in [0.05, 0.1) is 17.9 Å². The first-order valence-corrected chi connectivity index (χ1v) is 8.72. The van der Waals surface area contributed by atoms with Gasteiger partial charge in [0.2, 0.25) is 5.16 Å². The zero-order valence-electron chi connectivity index (χ0n) is 13.2. The summed E-state index contributed by atoms with van der Waals surface area (Å²) < 4.78 is 6.83. The molecule has 1 aliphatic rings. The van der Waals surface area contributed by atoms with Gasteiger partial charge in [-0.25, -0.2) is 4.79 Å². The van der Waals surface area contributed by atoms with E-state index in [1.165, 1.54) is 11.8 Å². The maximum atomic E-state index is 12.4. The summed E-state index contributed by atoms with van der Waals surface area (Å²) >= 11 is 7.40. The summed E-state index contributed by atoms with van der Waals surface area (Å²) in [4.78, 5) is 12.4. The third-order valence-corrected chi connectivity index (χ3v) is 4.50. The molecule has 0 radical (unpaired) electrons. The molecule has 1 aromatic carbocycles. The molecule has 0 unspecified atom stereocenters. The van der Waals surface area contributed by atoms with Crippen molar-refractivity contribution in [1.29, 1.82) is 0 Å². The summed E-state index contributed by atoms with van der Waals surface area (Å²) in [7, 11) is 0. The predicted molar refractivity (Wildman–Crippen MR) is 94.4 cm³/mol. The Bertz CT molecular complexity index is 827. The van der Waals surface area contributed by atoms with Gasteiger partial charge in [0, 0.05) is 10.8 Å². The molecule has 24 heavy (non-hydrogen) atoms. The van der Waals surface area contributed by atoms with E-state index in [9.17, 15) is 4.79 Å². The van der Waals surface area contributed by atoms with Crippen molar-refractivity contribution in [3.63, 3.8) is 0 Å². The van der Waals surface area contributed by atoms with Crippen molar-refractivity contribution in [1.82, 2.24) is 14.9 Å². The van der Waals surface area contributed by atoms with E-state index in [1.54, 1.807) is 29.8 Å². The number of halogens is 1. The number of esters is 1. The van der Waals surface area contributed by atoms with Crippen LogP contribution in [0.4, 0.5) is 0 Å². The number of benzene rings is 1. The standard InChI is InChI=1S/C16H15ClN4O2S/c1-3-23-15(22)13(8-11-4-6-12(17)7-5-11)14-9-24-16-19-18-10(2)21(16)20-14/h4-8H,3,9H2,1-2H3/b13-8-. The van der Waals surface area contributed by atoms with E-state index in [4.69, 9.17) is 16.3 Å². The van der Waals surface area contributed by atoms with Crippen LogP contribution in [0.15, 0.2) is 40.1 Å². The van der Waals surface area contributed by atoms with Crippen LogP contribution >= 0.6 is 23.4 Å². The predicted octanol–water partition coefficient (Wildman–Crippen LogP) is 3.20. The summed E-state index contributed by atoms with van der Waals surface area (Å²) in [6.45, 7) is 3.89. The molecule has 3 rings (SSSR count). The van der Waals surface area contributed by atoms with Gasteiger partial charge >= 0.3 is 5.97 Å². The van der Waals surface area contributed by atoms with Crippen LogP contribution in [0.3, 0.4) is 0 Å². The molecule has 2 heterocycles. The van der Waals surface area contributed by atoms with Gasteiger partial charge in [-0.05, 0) is 37.6 Å². The number of hydrogen-bond donors (Lipinski definition) is 0. The van der Waals surface area contributed by atoms with Crippen molar-refractivity contribution in [2.75, 3.05) is 12.4 Å². The lowest BCUT2D eigenvalue weighted by atomic mass is 10.1. The summed E-state index contributed by atoms with van der Waals surface area (Å²) in [6.07, 6.45) is 1.76. The fourth-order valence-corrected chi connectivity index (χ4v) is 3.15. The number of hydrogen-bond acceptors (Lipinski definition) is 6. The molecule has 0 aliphatic carbocycles. The lowest BCUT2D eigenvalue weighted by molar-refractivity contribution is -0.137. The average Bonchev–Trinajstić information content (AvgIpc) is 2.95. The van der Waals surface area contributed by atoms with Gasteiger partial charge in [0.25, 0.3) is 0 Å². The number of aryl methyl sites for hydroxylation is 1. The fourth-order valence-electron chi connectivity index (χ4n) is 2.15. The quantitative estimate of drug-likeness (QED) is 0.617. The van der Waals surface area contributed by atoms with E-state index < -0.39 is 5.97 Å². The Morgan fingerprint density at radius 2 is 2.12 bits per heavy atom. The molecule has 0 amide bonds. The number of thioether (sulfide) groups is 1. The molecule has 8 heteroatoms. The van der Waals surface area contributed by atoms with Gasteiger partial charge in [0.1, 0.15) is 0 Å². The number of ether oxygens (including phenoxy) is 1. The van der Waals surface area contributed by atoms with Gasteiger partial charge in [-0.1, -0.05) is 35.5 Å². The van der Waals surface area contributed by atoms with Crippen LogP contribution in [0.5, 0.6) is 0 Å². The molecule has 2 aromatic rings. The van der Waals surface area contributed by atoms with Gasteiger partial charge in [0.15, 0.2) is 5.82 Å². The Balaban J connectivity index is 2.02. The Kier molecular flexibility index (Phi) is 5.01.